The van der Waals surface area contributed by atoms with E-state index in [-0.39, 0.29) is 12.5 Å². The quantitative estimate of drug-likeness (QED) is 0.755. The van der Waals surface area contributed by atoms with Crippen molar-refractivity contribution in [1.29, 1.82) is 0 Å². The van der Waals surface area contributed by atoms with Crippen LogP contribution in [0.4, 0.5) is 5.69 Å². The lowest BCUT2D eigenvalue weighted by atomic mass is 10.2. The molecule has 3 aromatic rings. The molecule has 1 amide bonds. The monoisotopic (exact) mass is 350 g/mol. The highest BCUT2D eigenvalue weighted by atomic mass is 16.5. The third-order valence-electron chi connectivity index (χ3n) is 4.83. The Morgan fingerprint density at radius 2 is 1.96 bits per heavy atom. The summed E-state index contributed by atoms with van der Waals surface area (Å²) in [6.45, 7) is 6.22. The second-order valence-electron chi connectivity index (χ2n) is 7.02. The molecule has 26 heavy (non-hydrogen) atoms. The molecule has 0 radical (unpaired) electrons. The summed E-state index contributed by atoms with van der Waals surface area (Å²) in [6.07, 6.45) is 2.27. The molecule has 1 aliphatic carbocycles. The van der Waals surface area contributed by atoms with Crippen LogP contribution in [0.25, 0.3) is 11.5 Å². The van der Waals surface area contributed by atoms with Gasteiger partial charge in [0.15, 0.2) is 5.82 Å². The Balaban J connectivity index is 1.52. The van der Waals surface area contributed by atoms with Gasteiger partial charge in [0.1, 0.15) is 6.54 Å². The molecule has 134 valence electrons. The number of hydrogen-bond acceptors (Lipinski definition) is 4. The molecule has 2 heterocycles. The maximum Gasteiger partial charge on any atom is 0.259 e. The molecule has 6 heteroatoms. The van der Waals surface area contributed by atoms with Crippen LogP contribution in [0.15, 0.2) is 34.9 Å². The van der Waals surface area contributed by atoms with Gasteiger partial charge in [-0.15, -0.1) is 0 Å². The zero-order valence-corrected chi connectivity index (χ0v) is 15.2. The molecule has 1 aliphatic rings. The number of rotatable bonds is 5. The van der Waals surface area contributed by atoms with Crippen molar-refractivity contribution in [2.45, 2.75) is 46.1 Å². The fourth-order valence-electron chi connectivity index (χ4n) is 3.09. The number of benzene rings is 1. The molecule has 1 saturated carbocycles. The van der Waals surface area contributed by atoms with E-state index in [1.807, 2.05) is 55.7 Å². The minimum atomic E-state index is -0.0635. The first kappa shape index (κ1) is 16.6. The average molecular weight is 350 g/mol. The number of anilines is 1. The van der Waals surface area contributed by atoms with E-state index in [0.717, 1.165) is 46.9 Å². The minimum absolute atomic E-state index is 0.0635. The lowest BCUT2D eigenvalue weighted by Gasteiger charge is -2.10. The van der Waals surface area contributed by atoms with Gasteiger partial charge in [0.05, 0.1) is 5.56 Å². The van der Waals surface area contributed by atoms with E-state index in [1.54, 1.807) is 0 Å². The average Bonchev–Trinajstić information content (AvgIpc) is 3.29. The number of hydrogen-bond donors (Lipinski definition) is 1. The maximum atomic E-state index is 12.4. The van der Waals surface area contributed by atoms with Crippen molar-refractivity contribution in [3.8, 4) is 11.5 Å². The van der Waals surface area contributed by atoms with E-state index in [1.165, 1.54) is 0 Å². The van der Waals surface area contributed by atoms with Crippen LogP contribution < -0.4 is 5.32 Å². The Kier molecular flexibility index (Phi) is 4.11. The fraction of sp³-hybridized carbons (Fsp3) is 0.350. The number of amides is 1. The number of nitrogens with one attached hydrogen (secondary N) is 1. The van der Waals surface area contributed by atoms with E-state index in [0.29, 0.717) is 11.8 Å². The van der Waals surface area contributed by atoms with E-state index < -0.39 is 0 Å². The first-order valence-electron chi connectivity index (χ1n) is 8.88. The Hall–Kier alpha value is -2.89. The molecule has 2 aromatic heterocycles. The maximum absolute atomic E-state index is 12.4. The Bertz CT molecular complexity index is 949. The topological polar surface area (TPSA) is 73.0 Å². The van der Waals surface area contributed by atoms with Crippen LogP contribution in [0.3, 0.4) is 0 Å². The number of aromatic nitrogens is 3. The summed E-state index contributed by atoms with van der Waals surface area (Å²) in [5, 5.41) is 7.02. The molecule has 6 nitrogen and oxygen atoms in total. The predicted molar refractivity (Wildman–Crippen MR) is 99.0 cm³/mol. The third-order valence-corrected chi connectivity index (χ3v) is 4.83. The lowest BCUT2D eigenvalue weighted by molar-refractivity contribution is -0.116. The molecule has 4 rings (SSSR count). The molecule has 0 spiro atoms. The largest absolute Gasteiger partial charge is 0.339 e. The zero-order valence-electron chi connectivity index (χ0n) is 15.2. The molecule has 0 bridgehead atoms. The van der Waals surface area contributed by atoms with Crippen LogP contribution in [-0.4, -0.2) is 20.6 Å². The first-order valence-corrected chi connectivity index (χ1v) is 8.88. The van der Waals surface area contributed by atoms with Gasteiger partial charge in [-0.1, -0.05) is 22.9 Å². The van der Waals surface area contributed by atoms with E-state index in [4.69, 9.17) is 4.52 Å². The summed E-state index contributed by atoms with van der Waals surface area (Å²) >= 11 is 0. The highest BCUT2D eigenvalue weighted by Crippen LogP contribution is 2.39. The smallest absolute Gasteiger partial charge is 0.259 e. The Morgan fingerprint density at radius 3 is 2.65 bits per heavy atom. The molecule has 0 saturated heterocycles. The fourth-order valence-corrected chi connectivity index (χ4v) is 3.09. The van der Waals surface area contributed by atoms with Crippen LogP contribution >= 0.6 is 0 Å². The van der Waals surface area contributed by atoms with Gasteiger partial charge in [0.25, 0.3) is 5.89 Å². The number of carbonyl (C=O) groups is 1. The molecule has 1 aromatic carbocycles. The first-order chi connectivity index (χ1) is 12.5. The molecule has 1 N–H and O–H groups in total. The van der Waals surface area contributed by atoms with E-state index in [2.05, 4.69) is 15.5 Å². The molecular formula is C20H22N4O2. The van der Waals surface area contributed by atoms with Crippen LogP contribution in [-0.2, 0) is 11.3 Å². The lowest BCUT2D eigenvalue weighted by Crippen LogP contribution is -2.20. The summed E-state index contributed by atoms with van der Waals surface area (Å²) in [6, 6.07) is 9.77. The van der Waals surface area contributed by atoms with Crippen molar-refractivity contribution in [3.05, 3.63) is 53.1 Å². The molecule has 0 aliphatic heterocycles. The van der Waals surface area contributed by atoms with Gasteiger partial charge in [-0.3, -0.25) is 4.79 Å². The second-order valence-corrected chi connectivity index (χ2v) is 7.02. The summed E-state index contributed by atoms with van der Waals surface area (Å²) in [5.74, 6) is 1.72. The van der Waals surface area contributed by atoms with Gasteiger partial charge in [-0.2, -0.15) is 4.98 Å². The number of carbonyl (C=O) groups excluding carboxylic acids is 1. The van der Waals surface area contributed by atoms with Crippen LogP contribution in [0.1, 0.15) is 41.5 Å². The van der Waals surface area contributed by atoms with Gasteiger partial charge < -0.3 is 14.4 Å². The summed E-state index contributed by atoms with van der Waals surface area (Å²) in [7, 11) is 0. The van der Waals surface area contributed by atoms with E-state index >= 15 is 0 Å². The molecule has 1 fully saturated rings. The van der Waals surface area contributed by atoms with Gasteiger partial charge in [0, 0.05) is 23.0 Å². The van der Waals surface area contributed by atoms with Gasteiger partial charge in [-0.25, -0.2) is 0 Å². The number of nitrogens with zero attached hydrogens (tertiary/aromatic N) is 3. The minimum Gasteiger partial charge on any atom is -0.339 e. The van der Waals surface area contributed by atoms with Crippen molar-refractivity contribution in [2.24, 2.45) is 0 Å². The third kappa shape index (κ3) is 3.27. The highest BCUT2D eigenvalue weighted by molar-refractivity contribution is 5.90. The highest BCUT2D eigenvalue weighted by Gasteiger charge is 2.29. The van der Waals surface area contributed by atoms with Crippen molar-refractivity contribution >= 4 is 11.6 Å². The van der Waals surface area contributed by atoms with Crippen molar-refractivity contribution in [3.63, 3.8) is 0 Å². The van der Waals surface area contributed by atoms with Crippen molar-refractivity contribution in [1.82, 2.24) is 14.7 Å². The van der Waals surface area contributed by atoms with Crippen molar-refractivity contribution in [2.75, 3.05) is 5.32 Å². The van der Waals surface area contributed by atoms with Gasteiger partial charge in [0.2, 0.25) is 5.91 Å². The Labute approximate surface area is 152 Å². The van der Waals surface area contributed by atoms with Crippen LogP contribution in [0.2, 0.25) is 0 Å². The molecule has 0 atom stereocenters. The summed E-state index contributed by atoms with van der Waals surface area (Å²) in [5.41, 5.74) is 4.80. The number of aryl methyl sites for hydroxylation is 2. The predicted octanol–water partition coefficient (Wildman–Crippen LogP) is 3.98. The van der Waals surface area contributed by atoms with Gasteiger partial charge >= 0.3 is 0 Å². The van der Waals surface area contributed by atoms with Crippen LogP contribution in [0, 0.1) is 20.8 Å². The van der Waals surface area contributed by atoms with E-state index in [9.17, 15) is 4.79 Å². The standard InChI is InChI=1S/C20H22N4O2/c1-12-4-8-16(9-5-12)21-18(25)11-24-13(2)10-17(14(24)3)20-22-19(23-26-20)15-6-7-15/h4-5,8-10,15H,6-7,11H2,1-3H3,(H,21,25). The zero-order chi connectivity index (χ0) is 18.3. The molecule has 0 unspecified atom stereocenters. The Morgan fingerprint density at radius 1 is 1.23 bits per heavy atom. The normalized spacial score (nSPS) is 13.8. The summed E-state index contributed by atoms with van der Waals surface area (Å²) < 4.78 is 7.41. The van der Waals surface area contributed by atoms with Gasteiger partial charge in [-0.05, 0) is 51.8 Å². The molecular weight excluding hydrogens is 328 g/mol. The second kappa shape index (κ2) is 6.44. The summed E-state index contributed by atoms with van der Waals surface area (Å²) in [4.78, 5) is 17.0. The SMILES string of the molecule is Cc1ccc(NC(=O)Cn2c(C)cc(-c3nc(C4CC4)no3)c2C)cc1. The van der Waals surface area contributed by atoms with Crippen molar-refractivity contribution < 1.29 is 9.32 Å². The van der Waals surface area contributed by atoms with Crippen LogP contribution in [0.5, 0.6) is 0 Å².